The number of hydrogen-bond donors (Lipinski definition) is 0. The normalized spacial score (nSPS) is 12.0. The minimum absolute atomic E-state index is 0.135. The number of amidine groups is 1. The van der Waals surface area contributed by atoms with Crippen molar-refractivity contribution in [2.75, 3.05) is 20.7 Å². The van der Waals surface area contributed by atoms with Crippen molar-refractivity contribution in [2.45, 2.75) is 11.8 Å². The summed E-state index contributed by atoms with van der Waals surface area (Å²) in [6.45, 7) is 2.40. The van der Waals surface area contributed by atoms with Crippen molar-refractivity contribution >= 4 is 15.9 Å². The van der Waals surface area contributed by atoms with Gasteiger partial charge in [0, 0.05) is 19.7 Å². The molecule has 23 heavy (non-hydrogen) atoms. The van der Waals surface area contributed by atoms with Crippen LogP contribution in [0.1, 0.15) is 12.5 Å². The fourth-order valence-electron chi connectivity index (χ4n) is 2.02. The summed E-state index contributed by atoms with van der Waals surface area (Å²) in [6, 6.07) is 15.5. The molecule has 0 aliphatic heterocycles. The zero-order chi connectivity index (χ0) is 16.9. The van der Waals surface area contributed by atoms with Gasteiger partial charge >= 0.3 is 0 Å². The van der Waals surface area contributed by atoms with Gasteiger partial charge in [-0.2, -0.15) is 8.42 Å². The van der Waals surface area contributed by atoms with Crippen LogP contribution in [0.3, 0.4) is 0 Å². The van der Waals surface area contributed by atoms with Gasteiger partial charge < -0.3 is 9.64 Å². The molecule has 0 atom stereocenters. The van der Waals surface area contributed by atoms with E-state index in [4.69, 9.17) is 4.74 Å². The molecule has 2 aromatic rings. The first-order valence-electron chi connectivity index (χ1n) is 7.24. The standard InChI is InChI=1S/C17H20N2O3S/c1-4-22-15-10-12-16(13-11-15)23(20,21)18-17(19(2)3)14-8-6-5-7-9-14/h5-13H,4H2,1-3H3. The molecule has 0 bridgehead atoms. The summed E-state index contributed by atoms with van der Waals surface area (Å²) in [5.74, 6) is 1.02. The highest BCUT2D eigenvalue weighted by molar-refractivity contribution is 7.90. The molecule has 5 nitrogen and oxygen atoms in total. The van der Waals surface area contributed by atoms with Gasteiger partial charge in [-0.05, 0) is 31.2 Å². The first-order chi connectivity index (χ1) is 10.9. The lowest BCUT2D eigenvalue weighted by Crippen LogP contribution is -2.24. The van der Waals surface area contributed by atoms with Gasteiger partial charge in [-0.3, -0.25) is 0 Å². The number of rotatable bonds is 5. The lowest BCUT2D eigenvalue weighted by molar-refractivity contribution is 0.340. The molecule has 0 aliphatic rings. The molecule has 0 radical (unpaired) electrons. The third-order valence-electron chi connectivity index (χ3n) is 3.09. The lowest BCUT2D eigenvalue weighted by atomic mass is 10.2. The first kappa shape index (κ1) is 17.0. The van der Waals surface area contributed by atoms with E-state index in [2.05, 4.69) is 4.40 Å². The summed E-state index contributed by atoms with van der Waals surface area (Å²) in [5, 5.41) is 0. The monoisotopic (exact) mass is 332 g/mol. The maximum atomic E-state index is 12.5. The molecule has 0 fully saturated rings. The summed E-state index contributed by atoms with van der Waals surface area (Å²) >= 11 is 0. The topological polar surface area (TPSA) is 59.0 Å². The molecule has 122 valence electrons. The highest BCUT2D eigenvalue weighted by Crippen LogP contribution is 2.19. The first-order valence-corrected chi connectivity index (χ1v) is 8.68. The average Bonchev–Trinajstić information content (AvgIpc) is 2.54. The third kappa shape index (κ3) is 4.32. The third-order valence-corrected chi connectivity index (χ3v) is 4.38. The molecule has 0 saturated carbocycles. The van der Waals surface area contributed by atoms with Crippen molar-refractivity contribution in [3.8, 4) is 5.75 Å². The Kier molecular flexibility index (Phi) is 5.39. The second-order valence-corrected chi connectivity index (χ2v) is 6.66. The lowest BCUT2D eigenvalue weighted by Gasteiger charge is -2.15. The van der Waals surface area contributed by atoms with E-state index in [1.165, 1.54) is 12.1 Å². The second kappa shape index (κ2) is 7.28. The van der Waals surface area contributed by atoms with Gasteiger partial charge in [0.2, 0.25) is 0 Å². The highest BCUT2D eigenvalue weighted by atomic mass is 32.2. The molecule has 0 unspecified atom stereocenters. The van der Waals surface area contributed by atoms with E-state index < -0.39 is 10.0 Å². The Morgan fingerprint density at radius 2 is 1.65 bits per heavy atom. The number of ether oxygens (including phenoxy) is 1. The highest BCUT2D eigenvalue weighted by Gasteiger charge is 2.16. The Bertz CT molecular complexity index is 767. The van der Waals surface area contributed by atoms with Crippen molar-refractivity contribution in [3.63, 3.8) is 0 Å². The number of sulfonamides is 1. The Morgan fingerprint density at radius 1 is 1.04 bits per heavy atom. The maximum absolute atomic E-state index is 12.5. The van der Waals surface area contributed by atoms with Gasteiger partial charge in [-0.1, -0.05) is 30.3 Å². The zero-order valence-corrected chi connectivity index (χ0v) is 14.2. The number of hydrogen-bond acceptors (Lipinski definition) is 3. The van der Waals surface area contributed by atoms with Crippen molar-refractivity contribution in [3.05, 3.63) is 60.2 Å². The smallest absolute Gasteiger partial charge is 0.284 e. The van der Waals surface area contributed by atoms with Crippen LogP contribution in [0.15, 0.2) is 63.9 Å². The Hall–Kier alpha value is -2.34. The fourth-order valence-corrected chi connectivity index (χ4v) is 3.10. The molecule has 0 spiro atoms. The van der Waals surface area contributed by atoms with Gasteiger partial charge in [-0.25, -0.2) is 0 Å². The summed E-state index contributed by atoms with van der Waals surface area (Å²) in [5.41, 5.74) is 0.743. The molecule has 0 aromatic heterocycles. The SMILES string of the molecule is CCOc1ccc(S(=O)(=O)N=C(c2ccccc2)N(C)C)cc1. The summed E-state index contributed by atoms with van der Waals surface area (Å²) < 4.78 is 34.4. The van der Waals surface area contributed by atoms with Crippen LogP contribution >= 0.6 is 0 Å². The van der Waals surface area contributed by atoms with Crippen molar-refractivity contribution in [2.24, 2.45) is 4.40 Å². The predicted octanol–water partition coefficient (Wildman–Crippen LogP) is 2.78. The zero-order valence-electron chi connectivity index (χ0n) is 13.4. The fraction of sp³-hybridized carbons (Fsp3) is 0.235. The minimum Gasteiger partial charge on any atom is -0.494 e. The van der Waals surface area contributed by atoms with E-state index in [0.29, 0.717) is 18.2 Å². The summed E-state index contributed by atoms with van der Waals surface area (Å²) in [6.07, 6.45) is 0. The van der Waals surface area contributed by atoms with Gasteiger partial charge in [0.25, 0.3) is 10.0 Å². The van der Waals surface area contributed by atoms with E-state index in [9.17, 15) is 8.42 Å². The summed E-state index contributed by atoms with van der Waals surface area (Å²) in [7, 11) is -0.267. The van der Waals surface area contributed by atoms with Crippen LogP contribution in [-0.4, -0.2) is 39.9 Å². The quantitative estimate of drug-likeness (QED) is 0.624. The van der Waals surface area contributed by atoms with Crippen LogP contribution < -0.4 is 4.74 Å². The van der Waals surface area contributed by atoms with Crippen LogP contribution in [0.4, 0.5) is 0 Å². The minimum atomic E-state index is -3.79. The van der Waals surface area contributed by atoms with Crippen molar-refractivity contribution in [1.29, 1.82) is 0 Å². The van der Waals surface area contributed by atoms with Gasteiger partial charge in [-0.15, -0.1) is 4.40 Å². The Morgan fingerprint density at radius 3 is 2.17 bits per heavy atom. The van der Waals surface area contributed by atoms with E-state index in [1.807, 2.05) is 37.3 Å². The molecule has 0 saturated heterocycles. The van der Waals surface area contributed by atoms with E-state index in [-0.39, 0.29) is 4.90 Å². The van der Waals surface area contributed by atoms with Crippen LogP contribution in [-0.2, 0) is 10.0 Å². The molecule has 2 aromatic carbocycles. The Balaban J connectivity index is 2.40. The van der Waals surface area contributed by atoms with E-state index in [1.54, 1.807) is 31.1 Å². The van der Waals surface area contributed by atoms with Gasteiger partial charge in [0.15, 0.2) is 0 Å². The predicted molar refractivity (Wildman–Crippen MR) is 91.5 cm³/mol. The number of nitrogens with zero attached hydrogens (tertiary/aromatic N) is 2. The second-order valence-electron chi connectivity index (χ2n) is 5.05. The number of benzene rings is 2. The van der Waals surface area contributed by atoms with Crippen LogP contribution in [0.2, 0.25) is 0 Å². The van der Waals surface area contributed by atoms with Crippen LogP contribution in [0.5, 0.6) is 5.75 Å². The molecule has 2 rings (SSSR count). The van der Waals surface area contributed by atoms with Gasteiger partial charge in [0.1, 0.15) is 11.6 Å². The molecular formula is C17H20N2O3S. The Labute approximate surface area is 137 Å². The van der Waals surface area contributed by atoms with E-state index >= 15 is 0 Å². The molecule has 6 heteroatoms. The van der Waals surface area contributed by atoms with Crippen molar-refractivity contribution in [1.82, 2.24) is 4.90 Å². The maximum Gasteiger partial charge on any atom is 0.284 e. The molecular weight excluding hydrogens is 312 g/mol. The molecule has 0 aliphatic carbocycles. The van der Waals surface area contributed by atoms with E-state index in [0.717, 1.165) is 5.56 Å². The summed E-state index contributed by atoms with van der Waals surface area (Å²) in [4.78, 5) is 1.82. The van der Waals surface area contributed by atoms with Crippen LogP contribution in [0, 0.1) is 0 Å². The largest absolute Gasteiger partial charge is 0.494 e. The average molecular weight is 332 g/mol. The molecule has 0 amide bonds. The molecule has 0 N–H and O–H groups in total. The van der Waals surface area contributed by atoms with Crippen LogP contribution in [0.25, 0.3) is 0 Å². The van der Waals surface area contributed by atoms with Crippen molar-refractivity contribution < 1.29 is 13.2 Å². The van der Waals surface area contributed by atoms with Gasteiger partial charge in [0.05, 0.1) is 11.5 Å². The molecule has 0 heterocycles.